The molecule has 0 aliphatic heterocycles. The molecule has 1 aromatic heterocycles. The highest BCUT2D eigenvalue weighted by Gasteiger charge is 2.74. The molecule has 0 saturated heterocycles. The normalized spacial score (nSPS) is 22.0. The lowest BCUT2D eigenvalue weighted by Gasteiger charge is -2.19. The van der Waals surface area contributed by atoms with Crippen molar-refractivity contribution in [2.24, 2.45) is 11.8 Å². The number of amides is 3. The van der Waals surface area contributed by atoms with E-state index < -0.39 is 81.8 Å². The first kappa shape index (κ1) is 38.9. The van der Waals surface area contributed by atoms with Crippen molar-refractivity contribution >= 4 is 56.9 Å². The molecule has 3 amide bonds. The molecule has 1 unspecified atom stereocenters. The molecule has 5 N–H and O–H groups in total. The molecule has 21 heteroatoms. The molecule has 290 valence electrons. The van der Waals surface area contributed by atoms with E-state index in [0.29, 0.717) is 23.6 Å². The highest BCUT2D eigenvalue weighted by molar-refractivity contribution is 7.89. The molecule has 0 bridgehead atoms. The number of aromatic nitrogens is 3. The topological polar surface area (TPSA) is 193 Å². The number of alkyl halides is 5. The number of hydrogen-bond donors (Lipinski definition) is 5. The van der Waals surface area contributed by atoms with Crippen molar-refractivity contribution in [3.05, 3.63) is 64.7 Å². The number of halogens is 6. The molecule has 1 heterocycles. The SMILES string of the molecule is CS(=O)(=O)NC(=O)[C@@]1(NC(=O)CCCNC(=O)c2ccc(Nc3nc(NC4(c5ccc(Cl)cc5)CC4)nc(OCC(F)(F)F)n3)cc2)C[C@H]1C1CC1(F)F. The summed E-state index contributed by atoms with van der Waals surface area (Å²) in [5.74, 6) is -7.43. The molecule has 3 aliphatic carbocycles. The van der Waals surface area contributed by atoms with Crippen molar-refractivity contribution in [2.45, 2.75) is 61.7 Å². The maximum absolute atomic E-state index is 13.7. The quantitative estimate of drug-likeness (QED) is 0.102. The van der Waals surface area contributed by atoms with Crippen molar-refractivity contribution in [3.8, 4) is 6.01 Å². The molecule has 3 aromatic rings. The minimum Gasteiger partial charge on any atom is -0.454 e. The van der Waals surface area contributed by atoms with Gasteiger partial charge in [-0.1, -0.05) is 23.7 Å². The third-order valence-electron chi connectivity index (χ3n) is 9.17. The Hall–Kier alpha value is -4.85. The second-order valence-electron chi connectivity index (χ2n) is 13.6. The van der Waals surface area contributed by atoms with Crippen molar-refractivity contribution in [1.29, 1.82) is 0 Å². The van der Waals surface area contributed by atoms with Crippen LogP contribution >= 0.6 is 11.6 Å². The summed E-state index contributed by atoms with van der Waals surface area (Å²) >= 11 is 6.01. The monoisotopic (exact) mass is 800 g/mol. The summed E-state index contributed by atoms with van der Waals surface area (Å²) in [7, 11) is -4.00. The van der Waals surface area contributed by atoms with Crippen LogP contribution in [0.2, 0.25) is 5.02 Å². The van der Waals surface area contributed by atoms with Gasteiger partial charge in [-0.3, -0.25) is 19.1 Å². The summed E-state index contributed by atoms with van der Waals surface area (Å²) in [6.45, 7) is -1.60. The lowest BCUT2D eigenvalue weighted by atomic mass is 10.1. The third kappa shape index (κ3) is 9.62. The van der Waals surface area contributed by atoms with E-state index in [4.69, 9.17) is 16.3 Å². The fourth-order valence-corrected chi connectivity index (χ4v) is 6.78. The van der Waals surface area contributed by atoms with Crippen LogP contribution in [0.3, 0.4) is 0 Å². The van der Waals surface area contributed by atoms with Gasteiger partial charge in [0, 0.05) is 47.5 Å². The molecule has 3 saturated carbocycles. The van der Waals surface area contributed by atoms with E-state index in [2.05, 4.69) is 36.2 Å². The molecule has 3 fully saturated rings. The highest BCUT2D eigenvalue weighted by Crippen LogP contribution is 2.64. The van der Waals surface area contributed by atoms with Gasteiger partial charge in [0.1, 0.15) is 5.54 Å². The fraction of sp³-hybridized carbons (Fsp3) is 0.455. The fourth-order valence-electron chi connectivity index (χ4n) is 6.14. The first-order valence-electron chi connectivity index (χ1n) is 16.6. The van der Waals surface area contributed by atoms with E-state index >= 15 is 0 Å². The first-order chi connectivity index (χ1) is 25.3. The molecule has 2 aromatic carbocycles. The lowest BCUT2D eigenvalue weighted by molar-refractivity contribution is -0.154. The largest absolute Gasteiger partial charge is 0.454 e. The third-order valence-corrected chi connectivity index (χ3v) is 9.98. The van der Waals surface area contributed by atoms with Crippen LogP contribution in [0, 0.1) is 11.8 Å². The van der Waals surface area contributed by atoms with Gasteiger partial charge in [0.15, 0.2) is 6.61 Å². The number of benzene rings is 2. The smallest absolute Gasteiger partial charge is 0.422 e. The van der Waals surface area contributed by atoms with Crippen LogP contribution in [0.25, 0.3) is 0 Å². The number of ether oxygens (including phenoxy) is 1. The summed E-state index contributed by atoms with van der Waals surface area (Å²) < 4.78 is 95.9. The standard InChI is InChI=1S/C33H34ClF5N8O6S/c1-54(51,52)47-26(50)31(15-22(31)23-16-32(23,35)36)45-24(48)3-2-14-40-25(49)18-4-10-21(11-5-18)41-27-42-28(44-29(43-27)53-17-33(37,38)39)46-30(12-13-30)19-6-8-20(34)9-7-19/h4-11,22-23H,2-3,12-17H2,1H3,(H,40,49)(H,45,48)(H,47,50)(H2,41,42,43,44,46)/t22-,23?,31+/m0/s1. The number of anilines is 3. The summed E-state index contributed by atoms with van der Waals surface area (Å²) in [4.78, 5) is 50.4. The van der Waals surface area contributed by atoms with Gasteiger partial charge in [0.05, 0.1) is 11.8 Å². The zero-order valence-corrected chi connectivity index (χ0v) is 30.0. The predicted molar refractivity (Wildman–Crippen MR) is 184 cm³/mol. The Balaban J connectivity index is 1.02. The Bertz CT molecular complexity index is 2040. The molecule has 6 rings (SSSR count). The second-order valence-corrected chi connectivity index (χ2v) is 15.7. The summed E-state index contributed by atoms with van der Waals surface area (Å²) in [6, 6.07) is 12.4. The zero-order valence-electron chi connectivity index (χ0n) is 28.4. The first-order valence-corrected chi connectivity index (χ1v) is 18.9. The van der Waals surface area contributed by atoms with Gasteiger partial charge in [0.2, 0.25) is 27.8 Å². The number of carbonyl (C=O) groups is 3. The van der Waals surface area contributed by atoms with Crippen molar-refractivity contribution in [3.63, 3.8) is 0 Å². The van der Waals surface area contributed by atoms with Crippen LogP contribution in [0.4, 0.5) is 39.5 Å². The van der Waals surface area contributed by atoms with Crippen LogP contribution in [0.5, 0.6) is 6.01 Å². The maximum Gasteiger partial charge on any atom is 0.422 e. The van der Waals surface area contributed by atoms with E-state index in [9.17, 15) is 44.8 Å². The molecule has 0 radical (unpaired) electrons. The molecule has 0 spiro atoms. The summed E-state index contributed by atoms with van der Waals surface area (Å²) in [6.07, 6.45) is -3.14. The number of nitrogens with zero attached hydrogens (tertiary/aromatic N) is 3. The molecule has 3 aliphatic rings. The number of hydrogen-bond acceptors (Lipinski definition) is 11. The maximum atomic E-state index is 13.7. The Morgan fingerprint density at radius 2 is 1.59 bits per heavy atom. The van der Waals surface area contributed by atoms with Crippen LogP contribution in [0.1, 0.15) is 54.4 Å². The molecule has 54 heavy (non-hydrogen) atoms. The van der Waals surface area contributed by atoms with Gasteiger partial charge >= 0.3 is 12.2 Å². The number of carbonyl (C=O) groups excluding carboxylic acids is 3. The highest BCUT2D eigenvalue weighted by atomic mass is 35.5. The molecule has 3 atom stereocenters. The van der Waals surface area contributed by atoms with E-state index in [1.165, 1.54) is 24.3 Å². The van der Waals surface area contributed by atoms with Gasteiger partial charge in [0.25, 0.3) is 17.7 Å². The minimum absolute atomic E-state index is 0.0256. The Morgan fingerprint density at radius 3 is 2.19 bits per heavy atom. The van der Waals surface area contributed by atoms with Gasteiger partial charge in [-0.05, 0) is 67.6 Å². The average molecular weight is 801 g/mol. The van der Waals surface area contributed by atoms with Gasteiger partial charge in [-0.25, -0.2) is 17.2 Å². The van der Waals surface area contributed by atoms with E-state index in [0.717, 1.165) is 11.8 Å². The van der Waals surface area contributed by atoms with Crippen molar-refractivity contribution in [1.82, 2.24) is 30.3 Å². The van der Waals surface area contributed by atoms with Crippen LogP contribution in [-0.4, -0.2) is 78.1 Å². The van der Waals surface area contributed by atoms with Crippen LogP contribution in [0.15, 0.2) is 48.5 Å². The van der Waals surface area contributed by atoms with Crippen molar-refractivity contribution in [2.75, 3.05) is 30.0 Å². The summed E-state index contributed by atoms with van der Waals surface area (Å²) in [5, 5.41) is 11.7. The van der Waals surface area contributed by atoms with Gasteiger partial charge in [-0.2, -0.15) is 28.1 Å². The Morgan fingerprint density at radius 1 is 0.944 bits per heavy atom. The Kier molecular flexibility index (Phi) is 10.4. The zero-order chi connectivity index (χ0) is 39.1. The van der Waals surface area contributed by atoms with Crippen LogP contribution in [-0.2, 0) is 25.2 Å². The van der Waals surface area contributed by atoms with E-state index in [1.807, 2.05) is 12.1 Å². The number of rotatable bonds is 16. The van der Waals surface area contributed by atoms with Gasteiger partial charge in [-0.15, -0.1) is 0 Å². The van der Waals surface area contributed by atoms with E-state index in [-0.39, 0.29) is 43.3 Å². The molecular weight excluding hydrogens is 767 g/mol. The van der Waals surface area contributed by atoms with E-state index in [1.54, 1.807) is 16.9 Å². The summed E-state index contributed by atoms with van der Waals surface area (Å²) in [5.41, 5.74) is -0.831. The van der Waals surface area contributed by atoms with Gasteiger partial charge < -0.3 is 26.0 Å². The Labute approximate surface area is 310 Å². The second kappa shape index (κ2) is 14.4. The minimum atomic E-state index is -4.64. The number of sulfonamides is 1. The number of nitrogens with one attached hydrogen (secondary N) is 5. The lowest BCUT2D eigenvalue weighted by Crippen LogP contribution is -2.52. The predicted octanol–water partition coefficient (Wildman–Crippen LogP) is 4.43. The molecule has 14 nitrogen and oxygen atoms in total. The molecular formula is C33H34ClF5N8O6S. The van der Waals surface area contributed by atoms with Crippen LogP contribution < -0.4 is 30.7 Å². The van der Waals surface area contributed by atoms with Crippen molar-refractivity contribution < 1.29 is 49.5 Å². The average Bonchev–Trinajstić information content (AvgIpc) is 4.03.